The molecule has 1 N–H and O–H groups in total. The van der Waals surface area contributed by atoms with E-state index in [9.17, 15) is 4.79 Å². The summed E-state index contributed by atoms with van der Waals surface area (Å²) >= 11 is 1.17. The maximum Gasteiger partial charge on any atom is 0.277 e. The highest BCUT2D eigenvalue weighted by atomic mass is 32.2. The van der Waals surface area contributed by atoms with Crippen LogP contribution in [0.2, 0.25) is 0 Å². The van der Waals surface area contributed by atoms with E-state index in [4.69, 9.17) is 9.15 Å². The summed E-state index contributed by atoms with van der Waals surface area (Å²) in [4.78, 5) is 16.4. The molecule has 0 saturated heterocycles. The first kappa shape index (κ1) is 19.9. The number of hydrogen-bond donors (Lipinski definition) is 1. The van der Waals surface area contributed by atoms with E-state index in [0.717, 1.165) is 11.1 Å². The Morgan fingerprint density at radius 3 is 2.75 bits per heavy atom. The van der Waals surface area contributed by atoms with Gasteiger partial charge in [-0.3, -0.25) is 9.78 Å². The maximum atomic E-state index is 12.4. The lowest BCUT2D eigenvalue weighted by Gasteiger charge is -2.21. The van der Waals surface area contributed by atoms with Crippen LogP contribution in [0.25, 0.3) is 11.5 Å². The Hall–Kier alpha value is -2.87. The summed E-state index contributed by atoms with van der Waals surface area (Å²) in [6.45, 7) is 6.35. The predicted octanol–water partition coefficient (Wildman–Crippen LogP) is 4.17. The number of carbonyl (C=O) groups is 1. The normalized spacial score (nSPS) is 11.3. The molecule has 0 aliphatic carbocycles. The second kappa shape index (κ2) is 8.43. The highest BCUT2D eigenvalue weighted by Gasteiger charge is 2.17. The minimum atomic E-state index is -0.185. The lowest BCUT2D eigenvalue weighted by atomic mass is 9.87. The van der Waals surface area contributed by atoms with Gasteiger partial charge in [0.1, 0.15) is 5.75 Å². The monoisotopic (exact) mass is 398 g/mol. The molecule has 0 aliphatic rings. The van der Waals surface area contributed by atoms with Crippen molar-refractivity contribution < 1.29 is 13.9 Å². The molecule has 0 unspecified atom stereocenters. The van der Waals surface area contributed by atoms with Gasteiger partial charge in [-0.05, 0) is 35.2 Å². The molecule has 3 aromatic rings. The summed E-state index contributed by atoms with van der Waals surface area (Å²) < 4.78 is 10.9. The van der Waals surface area contributed by atoms with E-state index < -0.39 is 0 Å². The van der Waals surface area contributed by atoms with Gasteiger partial charge < -0.3 is 14.5 Å². The molecule has 0 spiro atoms. The van der Waals surface area contributed by atoms with Gasteiger partial charge in [0.25, 0.3) is 5.22 Å². The SMILES string of the molecule is COc1ccc(C(C)(C)C)cc1NC(=O)CSc1nnc(-c2cccnc2)o1. The molecule has 1 aromatic carbocycles. The van der Waals surface area contributed by atoms with Crippen molar-refractivity contribution in [2.75, 3.05) is 18.2 Å². The Balaban J connectivity index is 1.64. The molecule has 0 saturated carbocycles. The second-order valence-corrected chi connectivity index (χ2v) is 8.04. The molecule has 2 heterocycles. The van der Waals surface area contributed by atoms with Crippen molar-refractivity contribution in [3.63, 3.8) is 0 Å². The highest BCUT2D eigenvalue weighted by Crippen LogP contribution is 2.31. The molecule has 7 nitrogen and oxygen atoms in total. The molecule has 0 atom stereocenters. The Labute approximate surface area is 167 Å². The molecule has 0 bridgehead atoms. The zero-order valence-corrected chi connectivity index (χ0v) is 17.0. The van der Waals surface area contributed by atoms with E-state index >= 15 is 0 Å². The molecular formula is C20H22N4O3S. The number of ether oxygens (including phenoxy) is 1. The maximum absolute atomic E-state index is 12.4. The van der Waals surface area contributed by atoms with E-state index in [1.54, 1.807) is 25.6 Å². The van der Waals surface area contributed by atoms with Gasteiger partial charge in [0.15, 0.2) is 0 Å². The average molecular weight is 398 g/mol. The molecule has 0 aliphatic heterocycles. The number of nitrogens with zero attached hydrogens (tertiary/aromatic N) is 3. The molecule has 0 radical (unpaired) electrons. The summed E-state index contributed by atoms with van der Waals surface area (Å²) in [5.41, 5.74) is 2.44. The second-order valence-electron chi connectivity index (χ2n) is 7.12. The van der Waals surface area contributed by atoms with Crippen molar-refractivity contribution in [3.05, 3.63) is 48.3 Å². The van der Waals surface area contributed by atoms with Gasteiger partial charge in [-0.2, -0.15) is 0 Å². The zero-order chi connectivity index (χ0) is 20.1. The third-order valence-electron chi connectivity index (χ3n) is 3.98. The van der Waals surface area contributed by atoms with Crippen LogP contribution in [0.15, 0.2) is 52.4 Å². The number of methoxy groups -OCH3 is 1. The van der Waals surface area contributed by atoms with Crippen molar-refractivity contribution in [2.45, 2.75) is 31.4 Å². The molecule has 3 rings (SSSR count). The van der Waals surface area contributed by atoms with Gasteiger partial charge in [0, 0.05) is 12.4 Å². The van der Waals surface area contributed by atoms with E-state index in [2.05, 4.69) is 41.3 Å². The van der Waals surface area contributed by atoms with Gasteiger partial charge in [-0.1, -0.05) is 38.6 Å². The number of hydrogen-bond acceptors (Lipinski definition) is 7. The first-order valence-electron chi connectivity index (χ1n) is 8.72. The fraction of sp³-hybridized carbons (Fsp3) is 0.300. The topological polar surface area (TPSA) is 90.1 Å². The summed E-state index contributed by atoms with van der Waals surface area (Å²) in [7, 11) is 1.58. The van der Waals surface area contributed by atoms with Crippen molar-refractivity contribution in [2.24, 2.45) is 0 Å². The van der Waals surface area contributed by atoms with Crippen LogP contribution in [-0.4, -0.2) is 34.0 Å². The number of aromatic nitrogens is 3. The highest BCUT2D eigenvalue weighted by molar-refractivity contribution is 7.99. The van der Waals surface area contributed by atoms with Crippen LogP contribution < -0.4 is 10.1 Å². The fourth-order valence-corrected chi connectivity index (χ4v) is 3.02. The van der Waals surface area contributed by atoms with Crippen molar-refractivity contribution in [1.29, 1.82) is 0 Å². The third-order valence-corrected chi connectivity index (χ3v) is 4.80. The van der Waals surface area contributed by atoms with Crippen LogP contribution in [0.3, 0.4) is 0 Å². The van der Waals surface area contributed by atoms with Crippen molar-refractivity contribution in [3.8, 4) is 17.2 Å². The van der Waals surface area contributed by atoms with Gasteiger partial charge in [-0.25, -0.2) is 0 Å². The summed E-state index contributed by atoms with van der Waals surface area (Å²) in [5, 5.41) is 11.2. The Morgan fingerprint density at radius 1 is 1.25 bits per heavy atom. The van der Waals surface area contributed by atoms with Crippen molar-refractivity contribution >= 4 is 23.4 Å². The lowest BCUT2D eigenvalue weighted by molar-refractivity contribution is -0.113. The molecule has 2 aromatic heterocycles. The molecule has 146 valence electrons. The summed E-state index contributed by atoms with van der Waals surface area (Å²) in [6, 6.07) is 9.42. The van der Waals surface area contributed by atoms with Crippen molar-refractivity contribution in [1.82, 2.24) is 15.2 Å². The van der Waals surface area contributed by atoms with E-state index in [-0.39, 0.29) is 17.1 Å². The van der Waals surface area contributed by atoms with Gasteiger partial charge in [-0.15, -0.1) is 10.2 Å². The molecule has 8 heteroatoms. The van der Waals surface area contributed by atoms with Crippen LogP contribution in [0.1, 0.15) is 26.3 Å². The lowest BCUT2D eigenvalue weighted by Crippen LogP contribution is -2.17. The number of nitrogens with one attached hydrogen (secondary N) is 1. The minimum absolute atomic E-state index is 0.0348. The molecule has 1 amide bonds. The van der Waals surface area contributed by atoms with E-state index in [0.29, 0.717) is 22.6 Å². The molecular weight excluding hydrogens is 376 g/mol. The minimum Gasteiger partial charge on any atom is -0.495 e. The van der Waals surface area contributed by atoms with Gasteiger partial charge >= 0.3 is 0 Å². The molecule has 28 heavy (non-hydrogen) atoms. The largest absolute Gasteiger partial charge is 0.495 e. The van der Waals surface area contributed by atoms with Crippen LogP contribution in [0.4, 0.5) is 5.69 Å². The number of anilines is 1. The smallest absolute Gasteiger partial charge is 0.277 e. The first-order chi connectivity index (χ1) is 13.4. The van der Waals surface area contributed by atoms with Crippen LogP contribution >= 0.6 is 11.8 Å². The number of pyridine rings is 1. The standard InChI is InChI=1S/C20H22N4O3S/c1-20(2,3)14-7-8-16(26-4)15(10-14)22-17(25)12-28-19-24-23-18(27-19)13-6-5-9-21-11-13/h5-11H,12H2,1-4H3,(H,22,25). The third kappa shape index (κ3) is 4.89. The number of amides is 1. The van der Waals surface area contributed by atoms with Crippen LogP contribution in [0.5, 0.6) is 5.75 Å². The summed E-state index contributed by atoms with van der Waals surface area (Å²) in [6.07, 6.45) is 3.31. The van der Waals surface area contributed by atoms with E-state index in [1.807, 2.05) is 24.3 Å². The Bertz CT molecular complexity index is 952. The van der Waals surface area contributed by atoms with Crippen LogP contribution in [0, 0.1) is 0 Å². The fourth-order valence-electron chi connectivity index (χ4n) is 2.46. The molecule has 0 fully saturated rings. The predicted molar refractivity (Wildman–Crippen MR) is 109 cm³/mol. The number of thioether (sulfide) groups is 1. The average Bonchev–Trinajstić information content (AvgIpc) is 3.15. The number of benzene rings is 1. The quantitative estimate of drug-likeness (QED) is 0.623. The van der Waals surface area contributed by atoms with Crippen LogP contribution in [-0.2, 0) is 10.2 Å². The van der Waals surface area contributed by atoms with E-state index in [1.165, 1.54) is 11.8 Å². The summed E-state index contributed by atoms with van der Waals surface area (Å²) in [5.74, 6) is 0.937. The number of carbonyl (C=O) groups excluding carboxylic acids is 1. The van der Waals surface area contributed by atoms with Gasteiger partial charge in [0.05, 0.1) is 24.1 Å². The Morgan fingerprint density at radius 2 is 2.07 bits per heavy atom. The number of rotatable bonds is 6. The first-order valence-corrected chi connectivity index (χ1v) is 9.70. The zero-order valence-electron chi connectivity index (χ0n) is 16.2. The Kier molecular flexibility index (Phi) is 5.99. The van der Waals surface area contributed by atoms with Gasteiger partial charge in [0.2, 0.25) is 11.8 Å².